The Bertz CT molecular complexity index is 512. The molecule has 4 heteroatoms. The standard InChI is InChI=1S/C14H16FN3/c15-12-5-3-10(4-6-12)13-8-14(18-17-13)11-2-1-7-16-9-11/h3-6,8,11,16H,1-2,7,9H2,(H,17,18)/t11-/m0/s1. The van der Waals surface area contributed by atoms with E-state index < -0.39 is 0 Å². The van der Waals surface area contributed by atoms with E-state index in [0.29, 0.717) is 5.92 Å². The van der Waals surface area contributed by atoms with Crippen LogP contribution in [0.3, 0.4) is 0 Å². The zero-order valence-electron chi connectivity index (χ0n) is 10.1. The number of rotatable bonds is 2. The van der Waals surface area contributed by atoms with Gasteiger partial charge in [-0.05, 0) is 49.7 Å². The third-order valence-corrected chi connectivity index (χ3v) is 3.47. The Morgan fingerprint density at radius 1 is 1.22 bits per heavy atom. The van der Waals surface area contributed by atoms with Gasteiger partial charge in [0, 0.05) is 23.7 Å². The number of hydrogen-bond donors (Lipinski definition) is 2. The third kappa shape index (κ3) is 2.29. The number of benzene rings is 1. The van der Waals surface area contributed by atoms with Crippen LogP contribution in [0, 0.1) is 5.82 Å². The Balaban J connectivity index is 1.82. The maximum atomic E-state index is 12.9. The van der Waals surface area contributed by atoms with Crippen molar-refractivity contribution in [1.29, 1.82) is 0 Å². The zero-order valence-corrected chi connectivity index (χ0v) is 10.1. The fraction of sp³-hybridized carbons (Fsp3) is 0.357. The van der Waals surface area contributed by atoms with Crippen molar-refractivity contribution in [1.82, 2.24) is 15.5 Å². The van der Waals surface area contributed by atoms with Crippen molar-refractivity contribution in [3.8, 4) is 11.3 Å². The Hall–Kier alpha value is -1.68. The number of nitrogens with zero attached hydrogens (tertiary/aromatic N) is 1. The quantitative estimate of drug-likeness (QED) is 0.854. The summed E-state index contributed by atoms with van der Waals surface area (Å²) < 4.78 is 12.9. The molecule has 0 amide bonds. The molecule has 2 N–H and O–H groups in total. The first-order valence-electron chi connectivity index (χ1n) is 6.35. The molecule has 1 saturated heterocycles. The summed E-state index contributed by atoms with van der Waals surface area (Å²) in [5.41, 5.74) is 3.00. The van der Waals surface area contributed by atoms with E-state index in [1.54, 1.807) is 12.1 Å². The topological polar surface area (TPSA) is 40.7 Å². The summed E-state index contributed by atoms with van der Waals surface area (Å²) in [5, 5.41) is 10.8. The molecule has 1 aromatic carbocycles. The minimum Gasteiger partial charge on any atom is -0.316 e. The summed E-state index contributed by atoms with van der Waals surface area (Å²) in [5.74, 6) is 0.298. The van der Waals surface area contributed by atoms with Gasteiger partial charge >= 0.3 is 0 Å². The number of aromatic amines is 1. The van der Waals surface area contributed by atoms with Gasteiger partial charge in [-0.25, -0.2) is 4.39 Å². The molecule has 1 aromatic heterocycles. The largest absolute Gasteiger partial charge is 0.316 e. The SMILES string of the molecule is Fc1ccc(-c2cc([C@H]3CCCNC3)[nH]n2)cc1. The molecule has 0 unspecified atom stereocenters. The molecule has 0 radical (unpaired) electrons. The Morgan fingerprint density at radius 3 is 2.78 bits per heavy atom. The lowest BCUT2D eigenvalue weighted by Crippen LogP contribution is -2.28. The van der Waals surface area contributed by atoms with E-state index in [-0.39, 0.29) is 5.82 Å². The first kappa shape index (κ1) is 11.4. The number of piperidine rings is 1. The summed E-state index contributed by atoms with van der Waals surface area (Å²) in [6, 6.07) is 8.52. The Morgan fingerprint density at radius 2 is 2.06 bits per heavy atom. The predicted molar refractivity (Wildman–Crippen MR) is 68.8 cm³/mol. The van der Waals surface area contributed by atoms with Gasteiger partial charge in [0.25, 0.3) is 0 Å². The molecule has 1 atom stereocenters. The van der Waals surface area contributed by atoms with Crippen LogP contribution in [-0.4, -0.2) is 23.3 Å². The summed E-state index contributed by atoms with van der Waals surface area (Å²) in [7, 11) is 0. The van der Waals surface area contributed by atoms with E-state index in [0.717, 1.165) is 24.3 Å². The highest BCUT2D eigenvalue weighted by atomic mass is 19.1. The minimum absolute atomic E-state index is 0.217. The highest BCUT2D eigenvalue weighted by molar-refractivity contribution is 5.59. The van der Waals surface area contributed by atoms with Gasteiger partial charge in [0.15, 0.2) is 0 Å². The molecule has 94 valence electrons. The van der Waals surface area contributed by atoms with Crippen LogP contribution in [0.5, 0.6) is 0 Å². The summed E-state index contributed by atoms with van der Waals surface area (Å²) in [4.78, 5) is 0. The van der Waals surface area contributed by atoms with Crippen molar-refractivity contribution in [3.63, 3.8) is 0 Å². The van der Waals surface area contributed by atoms with Crippen LogP contribution in [0.1, 0.15) is 24.5 Å². The van der Waals surface area contributed by atoms with Crippen LogP contribution < -0.4 is 5.32 Å². The summed E-state index contributed by atoms with van der Waals surface area (Å²) >= 11 is 0. The van der Waals surface area contributed by atoms with Crippen LogP contribution in [0.4, 0.5) is 4.39 Å². The maximum Gasteiger partial charge on any atom is 0.123 e. The summed E-state index contributed by atoms with van der Waals surface area (Å²) in [6.45, 7) is 2.11. The van der Waals surface area contributed by atoms with E-state index >= 15 is 0 Å². The van der Waals surface area contributed by atoms with Gasteiger partial charge in [0.2, 0.25) is 0 Å². The number of aromatic nitrogens is 2. The Labute approximate surface area is 105 Å². The van der Waals surface area contributed by atoms with E-state index in [2.05, 4.69) is 21.6 Å². The average Bonchev–Trinajstić information content (AvgIpc) is 2.90. The first-order valence-corrected chi connectivity index (χ1v) is 6.35. The molecule has 1 fully saturated rings. The van der Waals surface area contributed by atoms with E-state index in [1.165, 1.54) is 30.7 Å². The van der Waals surface area contributed by atoms with E-state index in [1.807, 2.05) is 0 Å². The lowest BCUT2D eigenvalue weighted by atomic mass is 9.96. The third-order valence-electron chi connectivity index (χ3n) is 3.47. The van der Waals surface area contributed by atoms with Gasteiger partial charge in [-0.15, -0.1) is 0 Å². The normalized spacial score (nSPS) is 19.9. The van der Waals surface area contributed by atoms with Crippen LogP contribution in [-0.2, 0) is 0 Å². The van der Waals surface area contributed by atoms with E-state index in [4.69, 9.17) is 0 Å². The second-order valence-electron chi connectivity index (χ2n) is 4.76. The number of halogens is 1. The molecule has 0 spiro atoms. The van der Waals surface area contributed by atoms with Crippen molar-refractivity contribution >= 4 is 0 Å². The van der Waals surface area contributed by atoms with Crippen LogP contribution >= 0.6 is 0 Å². The highest BCUT2D eigenvalue weighted by Gasteiger charge is 2.17. The molecule has 1 aliphatic heterocycles. The molecule has 3 rings (SSSR count). The maximum absolute atomic E-state index is 12.9. The zero-order chi connectivity index (χ0) is 12.4. The molecule has 0 saturated carbocycles. The first-order chi connectivity index (χ1) is 8.83. The molecular formula is C14H16FN3. The van der Waals surface area contributed by atoms with Gasteiger partial charge in [-0.1, -0.05) is 0 Å². The smallest absolute Gasteiger partial charge is 0.123 e. The van der Waals surface area contributed by atoms with E-state index in [9.17, 15) is 4.39 Å². The second kappa shape index (κ2) is 4.90. The van der Waals surface area contributed by atoms with Gasteiger partial charge in [-0.2, -0.15) is 5.10 Å². The van der Waals surface area contributed by atoms with Gasteiger partial charge in [0.1, 0.15) is 5.82 Å². The fourth-order valence-electron chi connectivity index (χ4n) is 2.43. The van der Waals surface area contributed by atoms with Crippen molar-refractivity contribution in [2.45, 2.75) is 18.8 Å². The molecule has 0 aliphatic carbocycles. The molecule has 3 nitrogen and oxygen atoms in total. The Kier molecular flexibility index (Phi) is 3.11. The molecule has 1 aliphatic rings. The predicted octanol–water partition coefficient (Wildman–Crippen LogP) is 2.68. The number of hydrogen-bond acceptors (Lipinski definition) is 2. The van der Waals surface area contributed by atoms with Crippen molar-refractivity contribution in [2.24, 2.45) is 0 Å². The molecule has 18 heavy (non-hydrogen) atoms. The van der Waals surface area contributed by atoms with Crippen molar-refractivity contribution < 1.29 is 4.39 Å². The highest BCUT2D eigenvalue weighted by Crippen LogP contribution is 2.25. The average molecular weight is 245 g/mol. The minimum atomic E-state index is -0.217. The second-order valence-corrected chi connectivity index (χ2v) is 4.76. The molecule has 2 heterocycles. The lowest BCUT2D eigenvalue weighted by molar-refractivity contribution is 0.454. The van der Waals surface area contributed by atoms with Gasteiger partial charge < -0.3 is 5.32 Å². The van der Waals surface area contributed by atoms with Gasteiger partial charge in [-0.3, -0.25) is 5.10 Å². The van der Waals surface area contributed by atoms with Crippen LogP contribution in [0.15, 0.2) is 30.3 Å². The number of H-pyrrole nitrogens is 1. The monoisotopic (exact) mass is 245 g/mol. The van der Waals surface area contributed by atoms with Crippen molar-refractivity contribution in [3.05, 3.63) is 41.8 Å². The van der Waals surface area contributed by atoms with Crippen LogP contribution in [0.2, 0.25) is 0 Å². The van der Waals surface area contributed by atoms with Crippen molar-refractivity contribution in [2.75, 3.05) is 13.1 Å². The fourth-order valence-corrected chi connectivity index (χ4v) is 2.43. The lowest BCUT2D eigenvalue weighted by Gasteiger charge is -2.21. The van der Waals surface area contributed by atoms with Crippen LogP contribution in [0.25, 0.3) is 11.3 Å². The molecule has 0 bridgehead atoms. The molecule has 2 aromatic rings. The summed E-state index contributed by atoms with van der Waals surface area (Å²) in [6.07, 6.45) is 2.40. The van der Waals surface area contributed by atoms with Gasteiger partial charge in [0.05, 0.1) is 5.69 Å². The number of nitrogens with one attached hydrogen (secondary N) is 2. The molecular weight excluding hydrogens is 229 g/mol.